The fraction of sp³-hybridized carbons (Fsp3) is 0.538. The van der Waals surface area contributed by atoms with Gasteiger partial charge in [0.1, 0.15) is 132 Å². The van der Waals surface area contributed by atoms with Gasteiger partial charge in [-0.05, 0) is 33.6 Å². The molecule has 0 aromatic carbocycles. The molecule has 0 amide bonds. The molecule has 30 unspecified atom stereocenters. The van der Waals surface area contributed by atoms with Crippen LogP contribution in [0.1, 0.15) is 67.7 Å². The molecule has 135 heavy (non-hydrogen) atoms. The third-order valence-corrected chi connectivity index (χ3v) is 29.8. The van der Waals surface area contributed by atoms with E-state index in [0.29, 0.717) is 0 Å². The predicted molar refractivity (Wildman–Crippen MR) is 438 cm³/mol. The van der Waals surface area contributed by atoms with Crippen LogP contribution in [0.3, 0.4) is 0 Å². The number of nitrogens with two attached hydrogens (primary N) is 3. The van der Waals surface area contributed by atoms with E-state index >= 15 is 8.78 Å². The number of H-pyrrole nitrogens is 3. The summed E-state index contributed by atoms with van der Waals surface area (Å²) >= 11 is 0. The number of aryl methyl sites for hydroxylation is 3. The van der Waals surface area contributed by atoms with Crippen LogP contribution in [0.4, 0.5) is 26.2 Å². The minimum absolute atomic E-state index is 0.00852. The van der Waals surface area contributed by atoms with Crippen LogP contribution in [0.2, 0.25) is 0 Å². The molecule has 0 saturated carbocycles. The van der Waals surface area contributed by atoms with Crippen LogP contribution in [0.25, 0.3) is 67.0 Å². The molecule has 21 rings (SSSR count). The molecule has 0 radical (unpaired) electrons. The zero-order chi connectivity index (χ0) is 95.5. The molecule has 0 spiro atoms. The quantitative estimate of drug-likeness (QED) is 0.0772. The maximum Gasteiger partial charge on any atom is 0.472 e. The summed E-state index contributed by atoms with van der Waals surface area (Å²) in [6.45, 7) is 1.34. The zero-order valence-electron chi connectivity index (χ0n) is 69.0. The Hall–Kier alpha value is -9.70. The first-order valence-electron chi connectivity index (χ1n) is 40.2. The maximum absolute atomic E-state index is 15.9. The Morgan fingerprint density at radius 1 is 0.356 bits per heavy atom. The first kappa shape index (κ1) is 94.3. The number of aliphatic hydroxyl groups is 4. The van der Waals surface area contributed by atoms with Crippen molar-refractivity contribution in [3.05, 3.63) is 105 Å². The van der Waals surface area contributed by atoms with Gasteiger partial charge in [-0.3, -0.25) is 91.6 Å². The number of nitrogen functional groups attached to an aromatic ring is 3. The highest BCUT2D eigenvalue weighted by Crippen LogP contribution is 2.59. The van der Waals surface area contributed by atoms with Gasteiger partial charge in [-0.15, -0.1) is 0 Å². The number of alkyl halides is 2. The largest absolute Gasteiger partial charge is 0.472 e. The van der Waals surface area contributed by atoms with Crippen LogP contribution in [-0.4, -0.2) is 316 Å². The Morgan fingerprint density at radius 3 is 1.16 bits per heavy atom. The van der Waals surface area contributed by atoms with Crippen LogP contribution in [-0.2, 0) is 96.5 Å². The molecule has 12 aromatic rings. The second kappa shape index (κ2) is 35.6. The number of hydrogen-bond donors (Lipinski definition) is 17. The monoisotopic (exact) mass is 2020 g/mol. The molecule has 6 bridgehead atoms. The van der Waals surface area contributed by atoms with Gasteiger partial charge in [0.15, 0.2) is 118 Å². The van der Waals surface area contributed by atoms with E-state index in [0.717, 1.165) is 19.0 Å². The number of halogens is 2. The van der Waals surface area contributed by atoms with Gasteiger partial charge in [0, 0.05) is 0 Å². The molecule has 21 heterocycles. The molecule has 726 valence electrons. The van der Waals surface area contributed by atoms with Crippen molar-refractivity contribution in [1.29, 1.82) is 0 Å². The second-order valence-corrected chi connectivity index (χ2v) is 41.5. The second-order valence-electron chi connectivity index (χ2n) is 31.8. The molecule has 12 aromatic heterocycles. The molecular formula is C65H78F2N28O34P6. The van der Waals surface area contributed by atoms with Crippen molar-refractivity contribution in [1.82, 2.24) is 122 Å². The summed E-state index contributed by atoms with van der Waals surface area (Å²) in [6.07, 6.45) is -27.3. The minimum atomic E-state index is -5.09. The fourth-order valence-corrected chi connectivity index (χ4v) is 23.3. The van der Waals surface area contributed by atoms with Crippen LogP contribution < -0.4 is 39.0 Å². The Labute approximate surface area is 747 Å². The van der Waals surface area contributed by atoms with Crippen molar-refractivity contribution in [3.63, 3.8) is 0 Å². The Kier molecular flexibility index (Phi) is 24.9. The molecule has 9 aliphatic rings. The average Bonchev–Trinajstić information content (AvgIpc) is 1.61. The molecular weight excluding hydrogens is 1940 g/mol. The predicted octanol–water partition coefficient (Wildman–Crippen LogP) is -2.40. The molecule has 70 heteroatoms. The van der Waals surface area contributed by atoms with Gasteiger partial charge >= 0.3 is 46.4 Å². The summed E-state index contributed by atoms with van der Waals surface area (Å²) in [5.41, 5.74) is 16.6. The number of aromatic nitrogens is 24. The van der Waals surface area contributed by atoms with Crippen molar-refractivity contribution in [2.24, 2.45) is 0 Å². The summed E-state index contributed by atoms with van der Waals surface area (Å²) < 4.78 is 201. The molecule has 0 aliphatic carbocycles. The highest BCUT2D eigenvalue weighted by molar-refractivity contribution is 7.53. The summed E-state index contributed by atoms with van der Waals surface area (Å²) in [4.78, 5) is 170. The molecule has 62 nitrogen and oxygen atoms in total. The van der Waals surface area contributed by atoms with Crippen LogP contribution in [0, 0.1) is 20.8 Å². The standard InChI is InChI=1S/2C22H26FN9O11P2.C21H26N10O12P2/c1-8-29-19-13(20(34)30-8)28-7-32(19)22-16-14(33)9(40-22)2-3-44(35,36)42-15-10(4-39-45(37,38)43-16)41-21(11(15)23)31-6-27-12-17(24)25-5-26-18(12)31;1-8-29-19-13(20(34)30-8)28-7-32(19)22-16-11(23)10(41-22)4-39-45(37,38)43-15-9(2-3-44(35,36)42-16)40-21(14(15)33)31-6-27-12-17(24)25-5-26-18(12)31;1-7-27-18-12(19(34)28-7)26-6-31(18)21-15-13(32)9(42-21)3-39-44(35,36)29-10-8(2-40-45(37,38)43-15)41-20(14(10)33)30-5-25-11-16(22)23-4-24-17(11)30/h2*5-7,9-11,14-16,21-22,33H,2-4H2,1H3,(H,35,36)(H,37,38)(H2,24,25,26)(H,29,30,34);4-6,8-10,13-15,20-21,32-33H,2-3H2,1H3,(H,37,38)(H2,22,23,24)(H,27,28,34)(H2,29,35,36). The van der Waals surface area contributed by atoms with Crippen molar-refractivity contribution < 1.29 is 155 Å². The van der Waals surface area contributed by atoms with Gasteiger partial charge in [-0.1, -0.05) is 0 Å². The van der Waals surface area contributed by atoms with Gasteiger partial charge in [0.25, 0.3) is 16.7 Å². The molecule has 20 N–H and O–H groups in total. The first-order valence-corrected chi connectivity index (χ1v) is 49.8. The van der Waals surface area contributed by atoms with E-state index in [9.17, 15) is 91.6 Å². The summed E-state index contributed by atoms with van der Waals surface area (Å²) in [5.74, 6) is 0.794. The fourth-order valence-electron chi connectivity index (χ4n) is 16.8. The van der Waals surface area contributed by atoms with E-state index in [-0.39, 0.29) is 115 Å². The van der Waals surface area contributed by atoms with Gasteiger partial charge in [0.05, 0.1) is 95.0 Å². The zero-order valence-corrected chi connectivity index (χ0v) is 74.4. The van der Waals surface area contributed by atoms with E-state index in [2.05, 4.69) is 94.8 Å². The number of aromatic amines is 3. The number of phosphoric acid groups is 3. The van der Waals surface area contributed by atoms with Crippen LogP contribution >= 0.6 is 46.4 Å². The summed E-state index contributed by atoms with van der Waals surface area (Å²) in [6, 6.07) is -1.41. The summed E-state index contributed by atoms with van der Waals surface area (Å²) in [7, 11) is -29.3. The topological polar surface area (TPSA) is 855 Å². The number of nitrogens with one attached hydrogen (secondary N) is 4. The Bertz CT molecular complexity index is 6470. The first-order chi connectivity index (χ1) is 63.9. The average molecular weight is 2020 g/mol. The third kappa shape index (κ3) is 18.1. The molecule has 9 saturated heterocycles. The van der Waals surface area contributed by atoms with E-state index in [4.69, 9.17) is 86.3 Å². The SMILES string of the molecule is Cc1nc2c(ncn2C2OC3CCP(=O)(O)OC4C(COP(=O)(O)OC2C3O)OC(n2cnc3c(N)ncnc32)C4F)c(=O)[nH]1.Cc1nc2c(ncn2C2OC3COP(=O)(O)NC4C(COP(=O)(O)OC2C3O)OC(n2cnc3c(N)ncnc32)C4O)c(=O)[nH]1.Cc1nc2c(ncn2C2OC3COP(=O)(O)OC4C(CCP(=O)(O)OC2C3F)OC(n2cnc3c(N)ncnc32)C4O)c(=O)[nH]1. The molecule has 9 fully saturated rings. The normalized spacial score (nSPS) is 37.7. The van der Waals surface area contributed by atoms with Crippen molar-refractivity contribution >= 4 is 131 Å². The lowest BCUT2D eigenvalue weighted by Crippen LogP contribution is -2.44. The number of nitrogens with zero attached hydrogens (tertiary/aromatic N) is 21. The lowest BCUT2D eigenvalue weighted by Gasteiger charge is -2.26. The van der Waals surface area contributed by atoms with Crippen LogP contribution in [0.5, 0.6) is 0 Å². The van der Waals surface area contributed by atoms with Gasteiger partial charge in [0.2, 0.25) is 0 Å². The van der Waals surface area contributed by atoms with Crippen LogP contribution in [0.15, 0.2) is 71.3 Å². The van der Waals surface area contributed by atoms with Crippen molar-refractivity contribution in [2.75, 3.05) is 56.0 Å². The Morgan fingerprint density at radius 2 is 0.696 bits per heavy atom. The van der Waals surface area contributed by atoms with E-state index in [1.54, 1.807) is 0 Å². The summed E-state index contributed by atoms with van der Waals surface area (Å²) in [5, 5.41) is 46.8. The number of hydrogen-bond acceptors (Lipinski definition) is 46. The lowest BCUT2D eigenvalue weighted by molar-refractivity contribution is -0.0594. The number of ether oxygens (including phenoxy) is 6. The van der Waals surface area contributed by atoms with E-state index in [1.165, 1.54) is 86.1 Å². The highest BCUT2D eigenvalue weighted by atomic mass is 31.2. The number of rotatable bonds is 6. The van der Waals surface area contributed by atoms with Gasteiger partial charge in [-0.2, -0.15) is 0 Å². The minimum Gasteiger partial charge on any atom is -0.387 e. The number of aliphatic hydroxyl groups excluding tert-OH is 4. The maximum atomic E-state index is 15.9. The van der Waals surface area contributed by atoms with Gasteiger partial charge < -0.3 is 110 Å². The lowest BCUT2D eigenvalue weighted by atomic mass is 10.1. The van der Waals surface area contributed by atoms with Crippen molar-refractivity contribution in [3.8, 4) is 0 Å². The smallest absolute Gasteiger partial charge is 0.387 e. The molecule has 9 aliphatic heterocycles. The highest BCUT2D eigenvalue weighted by Gasteiger charge is 2.59. The number of phosphoric ester groups is 3. The number of anilines is 3. The van der Waals surface area contributed by atoms with E-state index < -0.39 is 249 Å². The Balaban J connectivity index is 0.000000130. The number of imidazole rings is 6. The number of fused-ring (bicyclic) bond motifs is 15. The van der Waals surface area contributed by atoms with Gasteiger partial charge in [-0.25, -0.2) is 107 Å². The third-order valence-electron chi connectivity index (χ3n) is 23.0. The van der Waals surface area contributed by atoms with Crippen molar-refractivity contribution in [2.45, 2.75) is 181 Å². The molecule has 30 atom stereocenters. The van der Waals surface area contributed by atoms with E-state index in [1.807, 2.05) is 0 Å².